The lowest BCUT2D eigenvalue weighted by molar-refractivity contribution is -0.153. The first-order valence-corrected chi connectivity index (χ1v) is 10.5. The first kappa shape index (κ1) is 19.7. The van der Waals surface area contributed by atoms with Crippen LogP contribution in [0.25, 0.3) is 0 Å². The molecule has 0 heterocycles. The third-order valence-electron chi connectivity index (χ3n) is 8.20. The van der Waals surface area contributed by atoms with Gasteiger partial charge in [0, 0.05) is 12.3 Å². The molecule has 0 aromatic carbocycles. The summed E-state index contributed by atoms with van der Waals surface area (Å²) in [5.41, 5.74) is 0.539. The van der Waals surface area contributed by atoms with Crippen molar-refractivity contribution in [3.63, 3.8) is 0 Å². The quantitative estimate of drug-likeness (QED) is 0.744. The van der Waals surface area contributed by atoms with Crippen molar-refractivity contribution >= 4 is 17.5 Å². The lowest BCUT2D eigenvalue weighted by Crippen LogP contribution is -2.50. The topological polar surface area (TPSA) is 80.7 Å². The minimum atomic E-state index is -1.04. The second-order valence-electron chi connectivity index (χ2n) is 9.35. The molecule has 7 atom stereocenters. The van der Waals surface area contributed by atoms with Gasteiger partial charge < -0.3 is 9.84 Å². The van der Waals surface area contributed by atoms with E-state index in [0.29, 0.717) is 24.7 Å². The lowest BCUT2D eigenvalue weighted by atomic mass is 9.50. The van der Waals surface area contributed by atoms with Crippen LogP contribution in [-0.2, 0) is 19.1 Å². The fourth-order valence-corrected chi connectivity index (χ4v) is 6.97. The molecule has 0 amide bonds. The van der Waals surface area contributed by atoms with E-state index in [-0.39, 0.29) is 41.3 Å². The minimum absolute atomic E-state index is 0.0527. The van der Waals surface area contributed by atoms with Gasteiger partial charge in [-0.3, -0.25) is 9.59 Å². The average Bonchev–Trinajstić information content (AvgIpc) is 3.03. The fraction of sp³-hybridized carbons (Fsp3) is 0.773. The van der Waals surface area contributed by atoms with Crippen molar-refractivity contribution in [3.8, 4) is 0 Å². The molecule has 0 aromatic heterocycles. The molecule has 5 nitrogen and oxygen atoms in total. The van der Waals surface area contributed by atoms with Crippen LogP contribution >= 0.6 is 0 Å². The lowest BCUT2D eigenvalue weighted by Gasteiger charge is -2.54. The molecule has 28 heavy (non-hydrogen) atoms. The number of rotatable bonds is 4. The molecule has 1 N–H and O–H groups in total. The van der Waals surface area contributed by atoms with Crippen molar-refractivity contribution in [2.75, 3.05) is 13.2 Å². The molecule has 0 bridgehead atoms. The number of Topliss-reactive ketones (excluding diaryl/α,β-unsaturated/α-hetero) is 1. The van der Waals surface area contributed by atoms with E-state index in [2.05, 4.69) is 6.92 Å². The number of aliphatic hydroxyl groups excluding tert-OH is 1. The Kier molecular flexibility index (Phi) is 5.19. The van der Waals surface area contributed by atoms with E-state index in [1.54, 1.807) is 6.08 Å². The highest BCUT2D eigenvalue weighted by Crippen LogP contribution is 2.64. The Hall–Kier alpha value is -1.56. The molecule has 0 unspecified atom stereocenters. The third kappa shape index (κ3) is 3.14. The zero-order valence-electron chi connectivity index (χ0n) is 16.4. The predicted molar refractivity (Wildman–Crippen MR) is 98.9 cm³/mol. The zero-order chi connectivity index (χ0) is 20.1. The zero-order valence-corrected chi connectivity index (χ0v) is 16.4. The van der Waals surface area contributed by atoms with Crippen molar-refractivity contribution in [2.24, 2.45) is 35.0 Å². The van der Waals surface area contributed by atoms with Gasteiger partial charge in [0.25, 0.3) is 0 Å². The van der Waals surface area contributed by atoms with Crippen LogP contribution in [0.2, 0.25) is 0 Å². The van der Waals surface area contributed by atoms with E-state index in [4.69, 9.17) is 9.84 Å². The standard InChI is InChI=1S/C22H29FO5/c1-22-7-6-14-13-3-2-12(25)8-16(13)19(23)9-15(14)17(22)4-5-18(22)20(26)11-28-21(27)10-24/h8,13-15,17-19,24H,2-7,9-11H2,1H3/t13-,14-,15-,17+,18-,19+,22+/m1/s1. The Labute approximate surface area is 164 Å². The molecule has 6 heteroatoms. The van der Waals surface area contributed by atoms with Crippen molar-refractivity contribution in [1.82, 2.24) is 0 Å². The number of fused-ring (bicyclic) bond motifs is 5. The fourth-order valence-electron chi connectivity index (χ4n) is 6.97. The van der Waals surface area contributed by atoms with Gasteiger partial charge >= 0.3 is 5.97 Å². The van der Waals surface area contributed by atoms with Gasteiger partial charge in [-0.25, -0.2) is 9.18 Å². The smallest absolute Gasteiger partial charge is 0.332 e. The van der Waals surface area contributed by atoms with Crippen LogP contribution in [0.1, 0.15) is 51.9 Å². The van der Waals surface area contributed by atoms with Gasteiger partial charge in [-0.1, -0.05) is 6.92 Å². The summed E-state index contributed by atoms with van der Waals surface area (Å²) in [6, 6.07) is 0. The summed E-state index contributed by atoms with van der Waals surface area (Å²) in [4.78, 5) is 35.7. The molecule has 4 aliphatic rings. The van der Waals surface area contributed by atoms with Crippen molar-refractivity contribution in [2.45, 2.75) is 58.0 Å². The Morgan fingerprint density at radius 1 is 1.25 bits per heavy atom. The van der Waals surface area contributed by atoms with Gasteiger partial charge in [0.15, 0.2) is 11.6 Å². The predicted octanol–water partition coefficient (Wildman–Crippen LogP) is 2.80. The first-order chi connectivity index (χ1) is 13.3. The normalized spacial score (nSPS) is 42.1. The van der Waals surface area contributed by atoms with Crippen LogP contribution in [0, 0.1) is 35.0 Å². The summed E-state index contributed by atoms with van der Waals surface area (Å²) in [6.45, 7) is 1.14. The molecular weight excluding hydrogens is 363 g/mol. The monoisotopic (exact) mass is 392 g/mol. The van der Waals surface area contributed by atoms with Crippen LogP contribution in [-0.4, -0.2) is 42.0 Å². The highest BCUT2D eigenvalue weighted by Gasteiger charge is 2.59. The number of aliphatic hydroxyl groups is 1. The molecule has 4 rings (SSSR count). The Bertz CT molecular complexity index is 716. The van der Waals surface area contributed by atoms with E-state index < -0.39 is 18.7 Å². The maximum Gasteiger partial charge on any atom is 0.332 e. The molecule has 0 aromatic rings. The second-order valence-corrected chi connectivity index (χ2v) is 9.35. The highest BCUT2D eigenvalue weighted by molar-refractivity contribution is 5.91. The van der Waals surface area contributed by atoms with E-state index in [9.17, 15) is 18.8 Å². The minimum Gasteiger partial charge on any atom is -0.456 e. The van der Waals surface area contributed by atoms with Gasteiger partial charge in [0.2, 0.25) is 0 Å². The first-order valence-electron chi connectivity index (χ1n) is 10.5. The number of hydrogen-bond acceptors (Lipinski definition) is 5. The number of ketones is 2. The molecule has 3 saturated carbocycles. The van der Waals surface area contributed by atoms with E-state index in [1.807, 2.05) is 0 Å². The number of carbonyl (C=O) groups is 3. The maximum atomic E-state index is 15.0. The van der Waals surface area contributed by atoms with Gasteiger partial charge in [-0.2, -0.15) is 0 Å². The van der Waals surface area contributed by atoms with E-state index in [0.717, 1.165) is 37.7 Å². The number of carbonyl (C=O) groups excluding carboxylic acids is 3. The Morgan fingerprint density at radius 3 is 2.79 bits per heavy atom. The number of hydrogen-bond donors (Lipinski definition) is 1. The number of ether oxygens (including phenoxy) is 1. The number of esters is 1. The Morgan fingerprint density at radius 2 is 2.04 bits per heavy atom. The molecule has 0 aliphatic heterocycles. The van der Waals surface area contributed by atoms with E-state index in [1.165, 1.54) is 0 Å². The maximum absolute atomic E-state index is 15.0. The number of allylic oxidation sites excluding steroid dienone is 1. The van der Waals surface area contributed by atoms with Crippen LogP contribution in [0.5, 0.6) is 0 Å². The van der Waals surface area contributed by atoms with Crippen molar-refractivity contribution in [3.05, 3.63) is 11.6 Å². The van der Waals surface area contributed by atoms with Crippen LogP contribution in [0.15, 0.2) is 11.6 Å². The SMILES string of the molecule is C[C@]12CC[C@H]3[C@@H](C[C@H](F)C4=CC(=O)CC[C@@H]43)[C@@H]1CC[C@@H]2C(=O)COC(=O)CO. The van der Waals surface area contributed by atoms with Crippen LogP contribution < -0.4 is 0 Å². The molecular formula is C22H29FO5. The summed E-state index contributed by atoms with van der Waals surface area (Å²) in [7, 11) is 0. The van der Waals surface area contributed by atoms with E-state index >= 15 is 0 Å². The molecule has 0 saturated heterocycles. The largest absolute Gasteiger partial charge is 0.456 e. The highest BCUT2D eigenvalue weighted by atomic mass is 19.1. The number of alkyl halides is 1. The summed E-state index contributed by atoms with van der Waals surface area (Å²) in [5.74, 6) is 0.150. The molecule has 0 spiro atoms. The second kappa shape index (κ2) is 7.36. The molecule has 3 fully saturated rings. The summed E-state index contributed by atoms with van der Waals surface area (Å²) in [6.07, 6.45) is 5.79. The average molecular weight is 392 g/mol. The number of halogens is 1. The Balaban J connectivity index is 1.52. The van der Waals surface area contributed by atoms with Crippen LogP contribution in [0.3, 0.4) is 0 Å². The van der Waals surface area contributed by atoms with Crippen LogP contribution in [0.4, 0.5) is 4.39 Å². The summed E-state index contributed by atoms with van der Waals surface area (Å²) >= 11 is 0. The summed E-state index contributed by atoms with van der Waals surface area (Å²) in [5, 5.41) is 8.77. The third-order valence-corrected chi connectivity index (χ3v) is 8.20. The molecule has 154 valence electrons. The molecule has 4 aliphatic carbocycles. The van der Waals surface area contributed by atoms with Gasteiger partial charge in [0.1, 0.15) is 19.4 Å². The van der Waals surface area contributed by atoms with Crippen molar-refractivity contribution in [1.29, 1.82) is 0 Å². The van der Waals surface area contributed by atoms with Gasteiger partial charge in [0.05, 0.1) is 0 Å². The van der Waals surface area contributed by atoms with Crippen molar-refractivity contribution < 1.29 is 28.6 Å². The van der Waals surface area contributed by atoms with Gasteiger partial charge in [-0.15, -0.1) is 0 Å². The van der Waals surface area contributed by atoms with Gasteiger partial charge in [-0.05, 0) is 79.3 Å². The molecule has 0 radical (unpaired) electrons. The summed E-state index contributed by atoms with van der Waals surface area (Å²) < 4.78 is 19.8.